The first kappa shape index (κ1) is 14.9. The zero-order valence-electron chi connectivity index (χ0n) is 13.6. The first-order chi connectivity index (χ1) is 9.83. The van der Waals surface area contributed by atoms with Gasteiger partial charge in [0.05, 0.1) is 0 Å². The van der Waals surface area contributed by atoms with E-state index in [-0.39, 0.29) is 0 Å². The maximum absolute atomic E-state index is 4.03. The van der Waals surface area contributed by atoms with Crippen molar-refractivity contribution in [1.82, 2.24) is 5.32 Å². The van der Waals surface area contributed by atoms with Crippen LogP contribution in [0, 0.1) is 23.7 Å². The monoisotopic (exact) mass is 277 g/mol. The van der Waals surface area contributed by atoms with E-state index in [0.717, 1.165) is 29.7 Å². The number of hydrogen-bond donors (Lipinski definition) is 1. The highest BCUT2D eigenvalue weighted by molar-refractivity contribution is 4.88. The minimum atomic E-state index is 0.864. The van der Waals surface area contributed by atoms with Crippen LogP contribution in [0.4, 0.5) is 0 Å². The zero-order valence-corrected chi connectivity index (χ0v) is 13.6. The van der Waals surface area contributed by atoms with Crippen LogP contribution in [0.15, 0.2) is 0 Å². The van der Waals surface area contributed by atoms with E-state index in [0.29, 0.717) is 0 Å². The van der Waals surface area contributed by atoms with Crippen LogP contribution in [0.25, 0.3) is 0 Å². The van der Waals surface area contributed by atoms with Crippen molar-refractivity contribution in [3.05, 3.63) is 0 Å². The van der Waals surface area contributed by atoms with Crippen molar-refractivity contribution in [2.45, 2.75) is 90.0 Å². The number of rotatable bonds is 4. The van der Waals surface area contributed by atoms with E-state index in [2.05, 4.69) is 12.2 Å². The third kappa shape index (κ3) is 3.78. The first-order valence-electron chi connectivity index (χ1n) is 9.56. The highest BCUT2D eigenvalue weighted by atomic mass is 14.9. The van der Waals surface area contributed by atoms with E-state index in [1.807, 2.05) is 0 Å². The molecule has 0 bridgehead atoms. The Kier molecular flexibility index (Phi) is 5.42. The lowest BCUT2D eigenvalue weighted by molar-refractivity contribution is 0.146. The van der Waals surface area contributed by atoms with Gasteiger partial charge in [0, 0.05) is 6.04 Å². The number of nitrogens with one attached hydrogen (secondary N) is 1. The standard InChI is InChI=1S/C19H35N/c1-15-11-12-16(13-15)14-20-19-10-6-5-9-18(19)17-7-3-2-4-8-17/h15-20H,2-14H2,1H3. The van der Waals surface area contributed by atoms with Crippen molar-refractivity contribution in [2.24, 2.45) is 23.7 Å². The van der Waals surface area contributed by atoms with Gasteiger partial charge in [-0.15, -0.1) is 0 Å². The van der Waals surface area contributed by atoms with Crippen LogP contribution >= 0.6 is 0 Å². The van der Waals surface area contributed by atoms with Gasteiger partial charge in [-0.1, -0.05) is 58.3 Å². The Morgan fingerprint density at radius 1 is 0.800 bits per heavy atom. The van der Waals surface area contributed by atoms with Gasteiger partial charge in [-0.3, -0.25) is 0 Å². The predicted molar refractivity (Wildman–Crippen MR) is 86.8 cm³/mol. The van der Waals surface area contributed by atoms with Crippen LogP contribution < -0.4 is 5.32 Å². The summed E-state index contributed by atoms with van der Waals surface area (Å²) < 4.78 is 0. The fourth-order valence-corrected chi connectivity index (χ4v) is 5.37. The first-order valence-corrected chi connectivity index (χ1v) is 9.56. The summed E-state index contributed by atoms with van der Waals surface area (Å²) in [5, 5.41) is 4.03. The van der Waals surface area contributed by atoms with E-state index >= 15 is 0 Å². The van der Waals surface area contributed by atoms with Crippen molar-refractivity contribution < 1.29 is 0 Å². The molecule has 1 nitrogen and oxygen atoms in total. The van der Waals surface area contributed by atoms with Crippen LogP contribution in [-0.4, -0.2) is 12.6 Å². The van der Waals surface area contributed by atoms with Crippen molar-refractivity contribution >= 4 is 0 Å². The largest absolute Gasteiger partial charge is 0.313 e. The molecule has 3 aliphatic rings. The predicted octanol–water partition coefficient (Wildman–Crippen LogP) is 5.15. The zero-order chi connectivity index (χ0) is 13.8. The Hall–Kier alpha value is -0.0400. The maximum Gasteiger partial charge on any atom is 0.00980 e. The van der Waals surface area contributed by atoms with Gasteiger partial charge in [0.15, 0.2) is 0 Å². The molecule has 0 aromatic heterocycles. The molecule has 0 amide bonds. The summed E-state index contributed by atoms with van der Waals surface area (Å²) in [6, 6.07) is 0.864. The van der Waals surface area contributed by atoms with Gasteiger partial charge in [0.25, 0.3) is 0 Å². The minimum Gasteiger partial charge on any atom is -0.313 e. The molecule has 0 saturated heterocycles. The highest BCUT2D eigenvalue weighted by Gasteiger charge is 2.33. The lowest BCUT2D eigenvalue weighted by Crippen LogP contribution is -2.44. The van der Waals surface area contributed by atoms with E-state index in [1.165, 1.54) is 83.6 Å². The van der Waals surface area contributed by atoms with Gasteiger partial charge in [0.2, 0.25) is 0 Å². The van der Waals surface area contributed by atoms with Gasteiger partial charge in [-0.2, -0.15) is 0 Å². The molecule has 3 aliphatic carbocycles. The Morgan fingerprint density at radius 2 is 1.55 bits per heavy atom. The summed E-state index contributed by atoms with van der Waals surface area (Å²) in [6.07, 6.45) is 18.0. The third-order valence-electron chi connectivity index (χ3n) is 6.55. The number of hydrogen-bond acceptors (Lipinski definition) is 1. The Labute approximate surface area is 126 Å². The summed E-state index contributed by atoms with van der Waals surface area (Å²) in [7, 11) is 0. The minimum absolute atomic E-state index is 0.864. The molecule has 3 fully saturated rings. The molecule has 0 aromatic carbocycles. The summed E-state index contributed by atoms with van der Waals surface area (Å²) in [6.45, 7) is 3.75. The average Bonchev–Trinajstić information content (AvgIpc) is 2.92. The molecule has 0 spiro atoms. The lowest BCUT2D eigenvalue weighted by atomic mass is 9.71. The van der Waals surface area contributed by atoms with E-state index in [9.17, 15) is 0 Å². The van der Waals surface area contributed by atoms with Crippen LogP contribution in [-0.2, 0) is 0 Å². The molecular weight excluding hydrogens is 242 g/mol. The normalized spacial score (nSPS) is 40.0. The van der Waals surface area contributed by atoms with Crippen LogP contribution in [0.5, 0.6) is 0 Å². The smallest absolute Gasteiger partial charge is 0.00980 e. The molecule has 0 aliphatic heterocycles. The maximum atomic E-state index is 4.03. The topological polar surface area (TPSA) is 12.0 Å². The van der Waals surface area contributed by atoms with Crippen LogP contribution in [0.2, 0.25) is 0 Å². The molecule has 3 rings (SSSR count). The fourth-order valence-electron chi connectivity index (χ4n) is 5.37. The van der Waals surface area contributed by atoms with Crippen molar-refractivity contribution in [1.29, 1.82) is 0 Å². The SMILES string of the molecule is CC1CCC(CNC2CCCCC2C2CCCCC2)C1. The molecular formula is C19H35N. The molecule has 3 saturated carbocycles. The second-order valence-electron chi connectivity index (χ2n) is 8.15. The van der Waals surface area contributed by atoms with Gasteiger partial charge in [-0.25, -0.2) is 0 Å². The third-order valence-corrected chi connectivity index (χ3v) is 6.55. The fraction of sp³-hybridized carbons (Fsp3) is 1.00. The Bertz CT molecular complexity index is 281. The van der Waals surface area contributed by atoms with Gasteiger partial charge in [-0.05, 0) is 55.9 Å². The molecule has 4 unspecified atom stereocenters. The van der Waals surface area contributed by atoms with E-state index < -0.39 is 0 Å². The molecule has 116 valence electrons. The molecule has 4 atom stereocenters. The molecule has 0 aromatic rings. The van der Waals surface area contributed by atoms with Gasteiger partial charge >= 0.3 is 0 Å². The van der Waals surface area contributed by atoms with E-state index in [4.69, 9.17) is 0 Å². The average molecular weight is 277 g/mol. The Morgan fingerprint density at radius 3 is 2.30 bits per heavy atom. The second-order valence-corrected chi connectivity index (χ2v) is 8.15. The lowest BCUT2D eigenvalue weighted by Gasteiger charge is -2.40. The summed E-state index contributed by atoms with van der Waals surface area (Å²) >= 11 is 0. The van der Waals surface area contributed by atoms with Gasteiger partial charge in [0.1, 0.15) is 0 Å². The van der Waals surface area contributed by atoms with Crippen molar-refractivity contribution in [3.8, 4) is 0 Å². The molecule has 0 heterocycles. The van der Waals surface area contributed by atoms with Crippen LogP contribution in [0.1, 0.15) is 84.0 Å². The summed E-state index contributed by atoms with van der Waals surface area (Å²) in [5.41, 5.74) is 0. The van der Waals surface area contributed by atoms with E-state index in [1.54, 1.807) is 0 Å². The summed E-state index contributed by atoms with van der Waals surface area (Å²) in [5.74, 6) is 4.05. The molecule has 0 radical (unpaired) electrons. The Balaban J connectivity index is 1.49. The highest BCUT2D eigenvalue weighted by Crippen LogP contribution is 2.39. The van der Waals surface area contributed by atoms with Crippen LogP contribution in [0.3, 0.4) is 0 Å². The van der Waals surface area contributed by atoms with Crippen molar-refractivity contribution in [3.63, 3.8) is 0 Å². The second kappa shape index (κ2) is 7.29. The molecule has 1 N–H and O–H groups in total. The molecule has 20 heavy (non-hydrogen) atoms. The molecule has 1 heteroatoms. The quantitative estimate of drug-likeness (QED) is 0.749. The van der Waals surface area contributed by atoms with Crippen molar-refractivity contribution in [2.75, 3.05) is 6.54 Å². The van der Waals surface area contributed by atoms with Gasteiger partial charge < -0.3 is 5.32 Å². The summed E-state index contributed by atoms with van der Waals surface area (Å²) in [4.78, 5) is 0.